The highest BCUT2D eigenvalue weighted by Crippen LogP contribution is 2.40. The first-order chi connectivity index (χ1) is 13.8. The lowest BCUT2D eigenvalue weighted by Crippen LogP contribution is -2.34. The molecule has 5 rings (SSSR count). The molecule has 2 saturated carbocycles. The number of hydrogen-bond acceptors (Lipinski definition) is 5. The Morgan fingerprint density at radius 3 is 2.82 bits per heavy atom. The van der Waals surface area contributed by atoms with E-state index in [1.54, 1.807) is 23.1 Å². The van der Waals surface area contributed by atoms with Crippen molar-refractivity contribution in [2.24, 2.45) is 0 Å². The maximum atomic E-state index is 13.1. The molecule has 0 atom stereocenters. The molecule has 0 N–H and O–H groups in total. The van der Waals surface area contributed by atoms with E-state index < -0.39 is 0 Å². The van der Waals surface area contributed by atoms with Gasteiger partial charge in [-0.1, -0.05) is 23.9 Å². The lowest BCUT2D eigenvalue weighted by Gasteiger charge is -2.27. The molecular weight excluding hydrogens is 388 g/mol. The minimum atomic E-state index is 0.241. The summed E-state index contributed by atoms with van der Waals surface area (Å²) in [5, 5.41) is 12.0. The second kappa shape index (κ2) is 8.03. The Hall–Kier alpha value is -1.60. The molecule has 0 saturated heterocycles. The van der Waals surface area contributed by atoms with E-state index in [4.69, 9.17) is 0 Å². The molecule has 0 aliphatic heterocycles. The van der Waals surface area contributed by atoms with E-state index in [0.29, 0.717) is 17.8 Å². The summed E-state index contributed by atoms with van der Waals surface area (Å²) in [4.78, 5) is 16.5. The van der Waals surface area contributed by atoms with Gasteiger partial charge in [0.15, 0.2) is 5.16 Å². The lowest BCUT2D eigenvalue weighted by atomic mass is 10.0. The smallest absolute Gasteiger partial charge is 0.237 e. The summed E-state index contributed by atoms with van der Waals surface area (Å²) >= 11 is 3.33. The molecule has 28 heavy (non-hydrogen) atoms. The van der Waals surface area contributed by atoms with Crippen molar-refractivity contribution < 1.29 is 4.79 Å². The number of allylic oxidation sites excluding steroid dienone is 2. The van der Waals surface area contributed by atoms with Gasteiger partial charge in [0.2, 0.25) is 5.91 Å². The van der Waals surface area contributed by atoms with E-state index >= 15 is 0 Å². The van der Waals surface area contributed by atoms with Crippen molar-refractivity contribution in [1.29, 1.82) is 0 Å². The van der Waals surface area contributed by atoms with E-state index in [1.807, 2.05) is 0 Å². The Morgan fingerprint density at radius 1 is 1.25 bits per heavy atom. The average molecular weight is 415 g/mol. The van der Waals surface area contributed by atoms with Crippen LogP contribution in [0.15, 0.2) is 34.4 Å². The molecule has 2 fully saturated rings. The number of amides is 1. The van der Waals surface area contributed by atoms with Gasteiger partial charge < -0.3 is 9.47 Å². The molecule has 0 spiro atoms. The number of rotatable bonds is 8. The van der Waals surface area contributed by atoms with E-state index in [0.717, 1.165) is 43.1 Å². The molecule has 0 unspecified atom stereocenters. The van der Waals surface area contributed by atoms with Crippen LogP contribution in [0.5, 0.6) is 0 Å². The SMILES string of the molecule is O=C(CSc1nnc(Cc2cccs2)n1C1CC1)N(C1=CCCCC1)C1CC1. The fourth-order valence-corrected chi connectivity index (χ4v) is 5.55. The maximum absolute atomic E-state index is 13.1. The van der Waals surface area contributed by atoms with Crippen LogP contribution in [0.3, 0.4) is 0 Å². The fourth-order valence-electron chi connectivity index (χ4n) is 3.96. The quantitative estimate of drug-likeness (QED) is 0.582. The summed E-state index contributed by atoms with van der Waals surface area (Å²) in [6, 6.07) is 5.19. The molecule has 2 heterocycles. The molecule has 3 aliphatic rings. The van der Waals surface area contributed by atoms with Gasteiger partial charge >= 0.3 is 0 Å². The molecule has 5 nitrogen and oxygen atoms in total. The van der Waals surface area contributed by atoms with Crippen LogP contribution in [0.1, 0.15) is 68.1 Å². The zero-order valence-corrected chi connectivity index (χ0v) is 17.7. The highest BCUT2D eigenvalue weighted by Gasteiger charge is 2.35. The van der Waals surface area contributed by atoms with Crippen LogP contribution in [-0.2, 0) is 11.2 Å². The van der Waals surface area contributed by atoms with E-state index in [9.17, 15) is 4.79 Å². The average Bonchev–Trinajstić information content (AvgIpc) is 3.64. The third-order valence-corrected chi connectivity index (χ3v) is 7.45. The van der Waals surface area contributed by atoms with Gasteiger partial charge in [0.25, 0.3) is 0 Å². The second-order valence-electron chi connectivity index (χ2n) is 7.98. The largest absolute Gasteiger partial charge is 0.313 e. The molecule has 2 aromatic heterocycles. The van der Waals surface area contributed by atoms with Gasteiger partial charge in [-0.25, -0.2) is 0 Å². The minimum absolute atomic E-state index is 0.241. The van der Waals surface area contributed by atoms with Gasteiger partial charge in [0, 0.05) is 29.1 Å². The van der Waals surface area contributed by atoms with Crippen molar-refractivity contribution in [2.75, 3.05) is 5.75 Å². The standard InChI is InChI=1S/C21H26N4OS2/c26-20(24(16-8-9-16)15-5-2-1-3-6-15)14-28-21-23-22-19(25(21)17-10-11-17)13-18-7-4-12-27-18/h4-5,7,12,16-17H,1-3,6,8-11,13-14H2. The maximum Gasteiger partial charge on any atom is 0.237 e. The third-order valence-electron chi connectivity index (χ3n) is 5.64. The lowest BCUT2D eigenvalue weighted by molar-refractivity contribution is -0.127. The molecule has 0 radical (unpaired) electrons. The zero-order valence-electron chi connectivity index (χ0n) is 16.0. The van der Waals surface area contributed by atoms with E-state index in [-0.39, 0.29) is 5.91 Å². The van der Waals surface area contributed by atoms with Crippen molar-refractivity contribution >= 4 is 29.0 Å². The van der Waals surface area contributed by atoms with E-state index in [2.05, 4.69) is 43.3 Å². The topological polar surface area (TPSA) is 51.0 Å². The van der Waals surface area contributed by atoms with Gasteiger partial charge in [-0.2, -0.15) is 0 Å². The molecule has 3 aliphatic carbocycles. The highest BCUT2D eigenvalue weighted by molar-refractivity contribution is 7.99. The second-order valence-corrected chi connectivity index (χ2v) is 9.96. The summed E-state index contributed by atoms with van der Waals surface area (Å²) < 4.78 is 2.29. The van der Waals surface area contributed by atoms with Crippen LogP contribution < -0.4 is 0 Å². The Balaban J connectivity index is 1.29. The van der Waals surface area contributed by atoms with Crippen LogP contribution in [0.2, 0.25) is 0 Å². The Labute approximate surface area is 174 Å². The summed E-state index contributed by atoms with van der Waals surface area (Å²) in [6.45, 7) is 0. The number of carbonyl (C=O) groups excluding carboxylic acids is 1. The molecule has 7 heteroatoms. The number of carbonyl (C=O) groups is 1. The van der Waals surface area contributed by atoms with Gasteiger partial charge in [-0.15, -0.1) is 21.5 Å². The predicted octanol–water partition coefficient (Wildman–Crippen LogP) is 4.81. The van der Waals surface area contributed by atoms with Gasteiger partial charge in [-0.05, 0) is 62.8 Å². The Kier molecular flexibility index (Phi) is 5.28. The minimum Gasteiger partial charge on any atom is -0.313 e. The molecule has 2 aromatic rings. The Morgan fingerprint density at radius 2 is 2.14 bits per heavy atom. The molecule has 148 valence electrons. The van der Waals surface area contributed by atoms with Crippen molar-refractivity contribution in [3.8, 4) is 0 Å². The highest BCUT2D eigenvalue weighted by atomic mass is 32.2. The van der Waals surface area contributed by atoms with Crippen LogP contribution >= 0.6 is 23.1 Å². The monoisotopic (exact) mass is 414 g/mol. The number of aromatic nitrogens is 3. The first kappa shape index (κ1) is 18.4. The van der Waals surface area contributed by atoms with Crippen molar-refractivity contribution in [3.05, 3.63) is 40.0 Å². The van der Waals surface area contributed by atoms with Crippen LogP contribution in [0, 0.1) is 0 Å². The number of thioether (sulfide) groups is 1. The van der Waals surface area contributed by atoms with Crippen LogP contribution in [-0.4, -0.2) is 37.4 Å². The van der Waals surface area contributed by atoms with Gasteiger partial charge in [0.05, 0.1) is 5.75 Å². The van der Waals surface area contributed by atoms with Crippen molar-refractivity contribution in [2.45, 2.75) is 75.0 Å². The van der Waals surface area contributed by atoms with Crippen LogP contribution in [0.4, 0.5) is 0 Å². The van der Waals surface area contributed by atoms with Gasteiger partial charge in [0.1, 0.15) is 5.82 Å². The van der Waals surface area contributed by atoms with Crippen molar-refractivity contribution in [3.63, 3.8) is 0 Å². The third kappa shape index (κ3) is 4.06. The number of thiophene rings is 1. The number of hydrogen-bond donors (Lipinski definition) is 0. The number of nitrogens with zero attached hydrogens (tertiary/aromatic N) is 4. The summed E-state index contributed by atoms with van der Waals surface area (Å²) in [6.07, 6.45) is 12.4. The molecule has 1 amide bonds. The normalized spacial score (nSPS) is 19.5. The molecule has 0 bridgehead atoms. The summed E-state index contributed by atoms with van der Waals surface area (Å²) in [5.74, 6) is 1.73. The predicted molar refractivity (Wildman–Crippen MR) is 113 cm³/mol. The summed E-state index contributed by atoms with van der Waals surface area (Å²) in [5.41, 5.74) is 1.27. The molecule has 0 aromatic carbocycles. The first-order valence-corrected chi connectivity index (χ1v) is 12.3. The van der Waals surface area contributed by atoms with E-state index in [1.165, 1.54) is 36.3 Å². The molecular formula is C21H26N4OS2. The fraction of sp³-hybridized carbons (Fsp3) is 0.571. The summed E-state index contributed by atoms with van der Waals surface area (Å²) in [7, 11) is 0. The van der Waals surface area contributed by atoms with Crippen LogP contribution in [0.25, 0.3) is 0 Å². The van der Waals surface area contributed by atoms with Crippen molar-refractivity contribution in [1.82, 2.24) is 19.7 Å². The zero-order chi connectivity index (χ0) is 18.9. The van der Waals surface area contributed by atoms with Gasteiger partial charge in [-0.3, -0.25) is 4.79 Å². The Bertz CT molecular complexity index is 865. The first-order valence-electron chi connectivity index (χ1n) is 10.4.